The predicted octanol–water partition coefficient (Wildman–Crippen LogP) is 4.49. The van der Waals surface area contributed by atoms with Gasteiger partial charge in [0.1, 0.15) is 0 Å². The summed E-state index contributed by atoms with van der Waals surface area (Å²) in [6, 6.07) is 23.6. The zero-order valence-electron chi connectivity index (χ0n) is 18.0. The number of hydrogen-bond acceptors (Lipinski definition) is 4. The van der Waals surface area contributed by atoms with Gasteiger partial charge in [0, 0.05) is 11.4 Å². The van der Waals surface area contributed by atoms with E-state index in [1.165, 1.54) is 11.8 Å². The number of nitrogens with one attached hydrogen (secondary N) is 2. The lowest BCUT2D eigenvalue weighted by molar-refractivity contribution is -0.122. The molecule has 0 atom stereocenters. The minimum atomic E-state index is -0.256. The zero-order valence-corrected chi connectivity index (χ0v) is 18.8. The molecule has 2 N–H and O–H groups in total. The number of imidazole rings is 1. The van der Waals surface area contributed by atoms with Crippen molar-refractivity contribution in [3.05, 3.63) is 83.9 Å². The van der Waals surface area contributed by atoms with Crippen LogP contribution < -0.4 is 10.6 Å². The molecule has 0 spiro atoms. The maximum absolute atomic E-state index is 12.4. The van der Waals surface area contributed by atoms with E-state index in [4.69, 9.17) is 4.98 Å². The lowest BCUT2D eigenvalue weighted by Crippen LogP contribution is -2.34. The maximum atomic E-state index is 12.4. The SMILES string of the molecule is Cc1cccc(NC(=O)CNC(=O)CSc2nc3ccccc3n2-c2ccccc2)c1C. The highest BCUT2D eigenvalue weighted by Gasteiger charge is 2.15. The number of para-hydroxylation sites is 3. The number of amides is 2. The average Bonchev–Trinajstić information content (AvgIpc) is 3.18. The molecule has 162 valence electrons. The van der Waals surface area contributed by atoms with Crippen LogP contribution in [0.5, 0.6) is 0 Å². The number of thioether (sulfide) groups is 1. The smallest absolute Gasteiger partial charge is 0.243 e. The first-order valence-electron chi connectivity index (χ1n) is 10.3. The first-order chi connectivity index (χ1) is 15.5. The third kappa shape index (κ3) is 4.84. The van der Waals surface area contributed by atoms with Crippen molar-refractivity contribution in [2.75, 3.05) is 17.6 Å². The summed E-state index contributed by atoms with van der Waals surface area (Å²) in [4.78, 5) is 29.4. The van der Waals surface area contributed by atoms with Crippen molar-refractivity contribution < 1.29 is 9.59 Å². The monoisotopic (exact) mass is 444 g/mol. The summed E-state index contributed by atoms with van der Waals surface area (Å²) in [6.45, 7) is 3.87. The van der Waals surface area contributed by atoms with Gasteiger partial charge in [0.25, 0.3) is 0 Å². The van der Waals surface area contributed by atoms with Crippen LogP contribution in [0, 0.1) is 13.8 Å². The highest BCUT2D eigenvalue weighted by Crippen LogP contribution is 2.27. The van der Waals surface area contributed by atoms with Crippen molar-refractivity contribution in [2.24, 2.45) is 0 Å². The molecule has 0 bridgehead atoms. The van der Waals surface area contributed by atoms with E-state index in [-0.39, 0.29) is 24.1 Å². The summed E-state index contributed by atoms with van der Waals surface area (Å²) in [7, 11) is 0. The Kier molecular flexibility index (Phi) is 6.56. The van der Waals surface area contributed by atoms with Crippen molar-refractivity contribution in [3.8, 4) is 5.69 Å². The van der Waals surface area contributed by atoms with Crippen LogP contribution in [0.2, 0.25) is 0 Å². The molecule has 0 saturated heterocycles. The molecule has 0 radical (unpaired) electrons. The van der Waals surface area contributed by atoms with E-state index in [0.717, 1.165) is 38.7 Å². The minimum absolute atomic E-state index is 0.0815. The first-order valence-corrected chi connectivity index (χ1v) is 11.3. The second-order valence-corrected chi connectivity index (χ2v) is 8.36. The van der Waals surface area contributed by atoms with Gasteiger partial charge in [0.05, 0.1) is 23.3 Å². The Balaban J connectivity index is 1.39. The largest absolute Gasteiger partial charge is 0.346 e. The summed E-state index contributed by atoms with van der Waals surface area (Å²) >= 11 is 1.34. The van der Waals surface area contributed by atoms with Gasteiger partial charge in [0.15, 0.2) is 5.16 Å². The van der Waals surface area contributed by atoms with Crippen LogP contribution in [0.4, 0.5) is 5.69 Å². The Hall–Kier alpha value is -3.58. The molecule has 4 aromatic rings. The molecule has 4 rings (SSSR count). The second-order valence-electron chi connectivity index (χ2n) is 7.42. The van der Waals surface area contributed by atoms with Crippen LogP contribution in [0.15, 0.2) is 78.0 Å². The van der Waals surface area contributed by atoms with Crippen LogP contribution in [0.25, 0.3) is 16.7 Å². The molecule has 0 saturated carbocycles. The number of aryl methyl sites for hydroxylation is 1. The number of aromatic nitrogens is 2. The molecule has 0 fully saturated rings. The quantitative estimate of drug-likeness (QED) is 0.412. The van der Waals surface area contributed by atoms with Gasteiger partial charge >= 0.3 is 0 Å². The molecule has 0 aliphatic carbocycles. The van der Waals surface area contributed by atoms with Gasteiger partial charge < -0.3 is 10.6 Å². The number of rotatable bonds is 7. The van der Waals surface area contributed by atoms with E-state index in [1.807, 2.05) is 91.2 Å². The average molecular weight is 445 g/mol. The van der Waals surface area contributed by atoms with Gasteiger partial charge in [-0.3, -0.25) is 14.2 Å². The van der Waals surface area contributed by atoms with E-state index in [0.29, 0.717) is 0 Å². The van der Waals surface area contributed by atoms with Gasteiger partial charge in [-0.15, -0.1) is 0 Å². The topological polar surface area (TPSA) is 76.0 Å². The van der Waals surface area contributed by atoms with E-state index in [9.17, 15) is 9.59 Å². The lowest BCUT2D eigenvalue weighted by atomic mass is 10.1. The molecule has 1 heterocycles. The molecule has 2 amide bonds. The van der Waals surface area contributed by atoms with E-state index >= 15 is 0 Å². The summed E-state index contributed by atoms with van der Waals surface area (Å²) in [5.74, 6) is -0.321. The van der Waals surface area contributed by atoms with E-state index in [2.05, 4.69) is 10.6 Å². The van der Waals surface area contributed by atoms with E-state index < -0.39 is 0 Å². The lowest BCUT2D eigenvalue weighted by Gasteiger charge is -2.11. The molecule has 0 aliphatic rings. The maximum Gasteiger partial charge on any atom is 0.243 e. The molecular weight excluding hydrogens is 420 g/mol. The molecular formula is C25H24N4O2S. The zero-order chi connectivity index (χ0) is 22.5. The Morgan fingerprint density at radius 3 is 2.47 bits per heavy atom. The number of hydrogen-bond donors (Lipinski definition) is 2. The first kappa shape index (κ1) is 21.6. The van der Waals surface area contributed by atoms with Crippen molar-refractivity contribution in [2.45, 2.75) is 19.0 Å². The van der Waals surface area contributed by atoms with Gasteiger partial charge in [-0.1, -0.05) is 54.2 Å². The van der Waals surface area contributed by atoms with Crippen LogP contribution in [-0.2, 0) is 9.59 Å². The number of fused-ring (bicyclic) bond motifs is 1. The van der Waals surface area contributed by atoms with Gasteiger partial charge in [-0.05, 0) is 55.3 Å². The number of carbonyl (C=O) groups is 2. The molecule has 7 heteroatoms. The Morgan fingerprint density at radius 2 is 1.66 bits per heavy atom. The molecule has 6 nitrogen and oxygen atoms in total. The summed E-state index contributed by atoms with van der Waals surface area (Å²) in [6.07, 6.45) is 0. The second kappa shape index (κ2) is 9.70. The van der Waals surface area contributed by atoms with Gasteiger partial charge in [-0.25, -0.2) is 4.98 Å². The highest BCUT2D eigenvalue weighted by atomic mass is 32.2. The Labute approximate surface area is 191 Å². The fraction of sp³-hybridized carbons (Fsp3) is 0.160. The van der Waals surface area contributed by atoms with Crippen molar-refractivity contribution in [1.29, 1.82) is 0 Å². The standard InChI is InChI=1S/C25H24N4O2S/c1-17-9-8-13-20(18(17)2)27-23(30)15-26-24(31)16-32-25-28-21-12-6-7-14-22(21)29(25)19-10-4-3-5-11-19/h3-14H,15-16H2,1-2H3,(H,26,31)(H,27,30). The van der Waals surface area contributed by atoms with Crippen LogP contribution >= 0.6 is 11.8 Å². The predicted molar refractivity (Wildman–Crippen MR) is 129 cm³/mol. The van der Waals surface area contributed by atoms with Crippen LogP contribution in [0.1, 0.15) is 11.1 Å². The number of carbonyl (C=O) groups excluding carboxylic acids is 2. The highest BCUT2D eigenvalue weighted by molar-refractivity contribution is 7.99. The number of anilines is 1. The molecule has 0 aliphatic heterocycles. The third-order valence-corrected chi connectivity index (χ3v) is 6.14. The van der Waals surface area contributed by atoms with E-state index in [1.54, 1.807) is 0 Å². The van der Waals surface area contributed by atoms with Crippen LogP contribution in [0.3, 0.4) is 0 Å². The summed E-state index contributed by atoms with van der Waals surface area (Å²) in [5, 5.41) is 6.27. The molecule has 0 unspecified atom stereocenters. The van der Waals surface area contributed by atoms with Crippen LogP contribution in [-0.4, -0.2) is 33.7 Å². The minimum Gasteiger partial charge on any atom is -0.346 e. The fourth-order valence-electron chi connectivity index (χ4n) is 3.37. The van der Waals surface area contributed by atoms with Crippen molar-refractivity contribution in [3.63, 3.8) is 0 Å². The third-order valence-electron chi connectivity index (χ3n) is 5.20. The molecule has 32 heavy (non-hydrogen) atoms. The van der Waals surface area contributed by atoms with Gasteiger partial charge in [0.2, 0.25) is 11.8 Å². The molecule has 1 aromatic heterocycles. The Bertz CT molecular complexity index is 1270. The van der Waals surface area contributed by atoms with Crippen molar-refractivity contribution >= 4 is 40.3 Å². The normalized spacial score (nSPS) is 10.8. The fourth-order valence-corrected chi connectivity index (χ4v) is 4.23. The number of nitrogens with zero attached hydrogens (tertiary/aromatic N) is 2. The number of benzene rings is 3. The van der Waals surface area contributed by atoms with Gasteiger partial charge in [-0.2, -0.15) is 0 Å². The molecule has 3 aromatic carbocycles. The summed E-state index contributed by atoms with van der Waals surface area (Å²) in [5.41, 5.74) is 5.71. The summed E-state index contributed by atoms with van der Waals surface area (Å²) < 4.78 is 2.04. The van der Waals surface area contributed by atoms with Crippen molar-refractivity contribution in [1.82, 2.24) is 14.9 Å². The Morgan fingerprint density at radius 1 is 0.906 bits per heavy atom.